The molecule has 1 amide bonds. The van der Waals surface area contributed by atoms with Crippen molar-refractivity contribution in [2.45, 2.75) is 38.0 Å². The zero-order chi connectivity index (χ0) is 21.0. The largest absolute Gasteiger partial charge is 0.489 e. The molecule has 2 atom stereocenters. The van der Waals surface area contributed by atoms with Crippen molar-refractivity contribution in [3.63, 3.8) is 0 Å². The molecule has 2 aliphatic heterocycles. The third kappa shape index (κ3) is 5.02. The van der Waals surface area contributed by atoms with Gasteiger partial charge >= 0.3 is 0 Å². The summed E-state index contributed by atoms with van der Waals surface area (Å²) in [7, 11) is -3.11. The number of hydrogen-bond donors (Lipinski definition) is 0. The van der Waals surface area contributed by atoms with E-state index in [2.05, 4.69) is 0 Å². The molecule has 2 heterocycles. The van der Waals surface area contributed by atoms with E-state index in [1.807, 2.05) is 48.5 Å². The molecule has 160 valence electrons. The van der Waals surface area contributed by atoms with Crippen LogP contribution in [0.2, 0.25) is 0 Å². The zero-order valence-corrected chi connectivity index (χ0v) is 17.7. The summed E-state index contributed by atoms with van der Waals surface area (Å²) in [6, 6.07) is 16.5. The van der Waals surface area contributed by atoms with Crippen LogP contribution >= 0.6 is 0 Å². The topological polar surface area (TPSA) is 72.9 Å². The SMILES string of the molecule is O=C(c1ccccc1COc1ccccc1)N(C[C@@H]1CCCO1)[C@@H]1CCS(=O)(=O)C1. The predicted molar refractivity (Wildman–Crippen MR) is 114 cm³/mol. The van der Waals surface area contributed by atoms with Crippen LogP contribution < -0.4 is 4.74 Å². The van der Waals surface area contributed by atoms with Crippen LogP contribution in [0.15, 0.2) is 54.6 Å². The zero-order valence-electron chi connectivity index (χ0n) is 16.9. The van der Waals surface area contributed by atoms with Crippen LogP contribution in [0.4, 0.5) is 0 Å². The maximum Gasteiger partial charge on any atom is 0.254 e. The van der Waals surface area contributed by atoms with Crippen molar-refractivity contribution in [2.75, 3.05) is 24.7 Å². The second-order valence-corrected chi connectivity index (χ2v) is 10.1. The van der Waals surface area contributed by atoms with E-state index in [1.54, 1.807) is 11.0 Å². The molecule has 2 aromatic carbocycles. The minimum atomic E-state index is -3.11. The minimum Gasteiger partial charge on any atom is -0.489 e. The smallest absolute Gasteiger partial charge is 0.254 e. The molecule has 2 fully saturated rings. The average Bonchev–Trinajstić information content (AvgIpc) is 3.40. The highest BCUT2D eigenvalue weighted by Gasteiger charge is 2.37. The van der Waals surface area contributed by atoms with E-state index in [0.29, 0.717) is 25.1 Å². The Morgan fingerprint density at radius 3 is 2.53 bits per heavy atom. The Balaban J connectivity index is 1.56. The Morgan fingerprint density at radius 2 is 1.83 bits per heavy atom. The Labute approximate surface area is 177 Å². The molecule has 6 nitrogen and oxygen atoms in total. The van der Waals surface area contributed by atoms with Crippen LogP contribution in [-0.4, -0.2) is 56.0 Å². The summed E-state index contributed by atoms with van der Waals surface area (Å²) in [4.78, 5) is 15.3. The molecular weight excluding hydrogens is 402 g/mol. The van der Waals surface area contributed by atoms with Crippen molar-refractivity contribution in [1.29, 1.82) is 0 Å². The van der Waals surface area contributed by atoms with Gasteiger partial charge in [-0.3, -0.25) is 4.79 Å². The van der Waals surface area contributed by atoms with Crippen LogP contribution in [0, 0.1) is 0 Å². The highest BCUT2D eigenvalue weighted by Crippen LogP contribution is 2.25. The Kier molecular flexibility index (Phi) is 6.39. The first kappa shape index (κ1) is 20.9. The second kappa shape index (κ2) is 9.18. The van der Waals surface area contributed by atoms with Gasteiger partial charge in [0.1, 0.15) is 12.4 Å². The Hall–Kier alpha value is -2.38. The van der Waals surface area contributed by atoms with E-state index in [0.717, 1.165) is 24.2 Å². The van der Waals surface area contributed by atoms with Crippen LogP contribution in [0.25, 0.3) is 0 Å². The monoisotopic (exact) mass is 429 g/mol. The number of benzene rings is 2. The summed E-state index contributed by atoms with van der Waals surface area (Å²) in [5, 5.41) is 0. The maximum absolute atomic E-state index is 13.6. The number of amides is 1. The fourth-order valence-corrected chi connectivity index (χ4v) is 5.84. The van der Waals surface area contributed by atoms with Crippen LogP contribution in [0.3, 0.4) is 0 Å². The first-order valence-electron chi connectivity index (χ1n) is 10.4. The minimum absolute atomic E-state index is 0.0220. The van der Waals surface area contributed by atoms with Crippen LogP contribution in [0.5, 0.6) is 5.75 Å². The number of carbonyl (C=O) groups is 1. The second-order valence-electron chi connectivity index (χ2n) is 7.91. The highest BCUT2D eigenvalue weighted by molar-refractivity contribution is 7.91. The summed E-state index contributed by atoms with van der Waals surface area (Å²) in [5.41, 5.74) is 1.33. The van der Waals surface area contributed by atoms with Crippen molar-refractivity contribution in [3.05, 3.63) is 65.7 Å². The fraction of sp³-hybridized carbons (Fsp3) is 0.435. The maximum atomic E-state index is 13.6. The molecule has 30 heavy (non-hydrogen) atoms. The average molecular weight is 430 g/mol. The summed E-state index contributed by atoms with van der Waals surface area (Å²) < 4.78 is 35.8. The number of para-hydroxylation sites is 1. The summed E-state index contributed by atoms with van der Waals surface area (Å²) in [6.07, 6.45) is 2.30. The molecule has 2 aromatic rings. The molecule has 0 spiro atoms. The molecular formula is C23H27NO5S. The molecule has 0 radical (unpaired) electrons. The summed E-state index contributed by atoms with van der Waals surface area (Å²) in [5.74, 6) is 0.734. The molecule has 4 rings (SSSR count). The number of rotatable bonds is 7. The van der Waals surface area contributed by atoms with Gasteiger partial charge in [-0.05, 0) is 37.5 Å². The van der Waals surface area contributed by atoms with E-state index in [4.69, 9.17) is 9.47 Å². The standard InChI is InChI=1S/C23H27NO5S/c25-23(22-11-5-4-7-18(22)16-29-20-8-2-1-3-9-20)24(15-21-10-6-13-28-21)19-12-14-30(26,27)17-19/h1-5,7-9,11,19,21H,6,10,12-17H2/t19-,21+/m1/s1. The lowest BCUT2D eigenvalue weighted by molar-refractivity contribution is 0.0439. The molecule has 2 saturated heterocycles. The molecule has 0 N–H and O–H groups in total. The lowest BCUT2D eigenvalue weighted by Crippen LogP contribution is -2.45. The molecule has 0 aliphatic carbocycles. The normalized spacial score (nSPS) is 22.7. The number of nitrogens with zero attached hydrogens (tertiary/aromatic N) is 1. The molecule has 2 aliphatic rings. The molecule has 0 bridgehead atoms. The van der Waals surface area contributed by atoms with Crippen molar-refractivity contribution in [1.82, 2.24) is 4.90 Å². The van der Waals surface area contributed by atoms with Crippen molar-refractivity contribution >= 4 is 15.7 Å². The molecule has 0 saturated carbocycles. The van der Waals surface area contributed by atoms with Gasteiger partial charge in [0.05, 0.1) is 17.6 Å². The van der Waals surface area contributed by atoms with Gasteiger partial charge in [0.2, 0.25) is 0 Å². The van der Waals surface area contributed by atoms with Gasteiger partial charge in [-0.1, -0.05) is 36.4 Å². The van der Waals surface area contributed by atoms with Gasteiger partial charge in [0, 0.05) is 30.3 Å². The van der Waals surface area contributed by atoms with Gasteiger partial charge in [-0.25, -0.2) is 8.42 Å². The Bertz CT molecular complexity index is 970. The first-order chi connectivity index (χ1) is 14.5. The Morgan fingerprint density at radius 1 is 1.07 bits per heavy atom. The number of carbonyl (C=O) groups excluding carboxylic acids is 1. The van der Waals surface area contributed by atoms with E-state index >= 15 is 0 Å². The van der Waals surface area contributed by atoms with Gasteiger partial charge in [-0.15, -0.1) is 0 Å². The molecule has 7 heteroatoms. The molecule has 0 unspecified atom stereocenters. The number of sulfone groups is 1. The fourth-order valence-electron chi connectivity index (χ4n) is 4.11. The third-order valence-electron chi connectivity index (χ3n) is 5.72. The van der Waals surface area contributed by atoms with Crippen LogP contribution in [-0.2, 0) is 21.2 Å². The van der Waals surface area contributed by atoms with Gasteiger partial charge in [0.25, 0.3) is 5.91 Å². The summed E-state index contributed by atoms with van der Waals surface area (Å²) in [6.45, 7) is 1.38. The van der Waals surface area contributed by atoms with E-state index < -0.39 is 9.84 Å². The van der Waals surface area contributed by atoms with Gasteiger partial charge in [0.15, 0.2) is 9.84 Å². The van der Waals surface area contributed by atoms with Crippen molar-refractivity contribution < 1.29 is 22.7 Å². The lowest BCUT2D eigenvalue weighted by Gasteiger charge is -2.31. The van der Waals surface area contributed by atoms with Crippen molar-refractivity contribution in [2.24, 2.45) is 0 Å². The number of hydrogen-bond acceptors (Lipinski definition) is 5. The number of ether oxygens (including phenoxy) is 2. The van der Waals surface area contributed by atoms with Gasteiger partial charge in [-0.2, -0.15) is 0 Å². The summed E-state index contributed by atoms with van der Waals surface area (Å²) >= 11 is 0. The predicted octanol–water partition coefficient (Wildman–Crippen LogP) is 3.07. The molecule has 0 aromatic heterocycles. The van der Waals surface area contributed by atoms with E-state index in [-0.39, 0.29) is 36.2 Å². The van der Waals surface area contributed by atoms with Gasteiger partial charge < -0.3 is 14.4 Å². The third-order valence-corrected chi connectivity index (χ3v) is 7.47. The van der Waals surface area contributed by atoms with E-state index in [1.165, 1.54) is 0 Å². The highest BCUT2D eigenvalue weighted by atomic mass is 32.2. The quantitative estimate of drug-likeness (QED) is 0.676. The van der Waals surface area contributed by atoms with E-state index in [9.17, 15) is 13.2 Å². The first-order valence-corrected chi connectivity index (χ1v) is 12.2. The van der Waals surface area contributed by atoms with Crippen LogP contribution in [0.1, 0.15) is 35.2 Å². The lowest BCUT2D eigenvalue weighted by atomic mass is 10.0. The van der Waals surface area contributed by atoms with Crippen molar-refractivity contribution in [3.8, 4) is 5.75 Å².